The molecule has 1 aromatic heterocycles. The lowest BCUT2D eigenvalue weighted by molar-refractivity contribution is 0.685. The van der Waals surface area contributed by atoms with Gasteiger partial charge in [-0.15, -0.1) is 0 Å². The molecule has 1 aliphatic rings. The van der Waals surface area contributed by atoms with E-state index in [9.17, 15) is 0 Å². The van der Waals surface area contributed by atoms with Gasteiger partial charge < -0.3 is 5.32 Å². The third-order valence-electron chi connectivity index (χ3n) is 2.73. The summed E-state index contributed by atoms with van der Waals surface area (Å²) in [6.45, 7) is 0.939. The highest BCUT2D eigenvalue weighted by Gasteiger charge is 2.20. The quantitative estimate of drug-likeness (QED) is 0.899. The third kappa shape index (κ3) is 3.32. The maximum atomic E-state index is 4.17. The maximum Gasteiger partial charge on any atom is 0.174 e. The van der Waals surface area contributed by atoms with E-state index in [2.05, 4.69) is 48.8 Å². The molecule has 2 aromatic rings. The highest BCUT2D eigenvalue weighted by molar-refractivity contribution is 9.10. The largest absolute Gasteiger partial charge is 0.310 e. The number of aromatic nitrogens is 2. The Hall–Kier alpha value is -0.430. The van der Waals surface area contributed by atoms with Gasteiger partial charge in [-0.3, -0.25) is 0 Å². The molecular weight excluding hydrogens is 330 g/mol. The van der Waals surface area contributed by atoms with Crippen LogP contribution in [0.4, 0.5) is 0 Å². The average Bonchev–Trinajstić information content (AvgIpc) is 3.05. The van der Waals surface area contributed by atoms with E-state index < -0.39 is 0 Å². The summed E-state index contributed by atoms with van der Waals surface area (Å²) in [7, 11) is 0. The number of nitrogens with zero attached hydrogens (tertiary/aromatic N) is 2. The van der Waals surface area contributed by atoms with E-state index in [0.717, 1.165) is 21.4 Å². The van der Waals surface area contributed by atoms with E-state index >= 15 is 0 Å². The van der Waals surface area contributed by atoms with Gasteiger partial charge in [-0.25, -0.2) is 4.98 Å². The third-order valence-corrected chi connectivity index (χ3v) is 5.17. The lowest BCUT2D eigenvalue weighted by Gasteiger charge is -2.07. The second-order valence-corrected chi connectivity index (χ2v) is 7.17. The van der Waals surface area contributed by atoms with Crippen LogP contribution in [0.5, 0.6) is 0 Å². The number of benzene rings is 1. The van der Waals surface area contributed by atoms with E-state index in [-0.39, 0.29) is 0 Å². The molecule has 0 saturated heterocycles. The Morgan fingerprint density at radius 2 is 2.33 bits per heavy atom. The Kier molecular flexibility index (Phi) is 3.98. The van der Waals surface area contributed by atoms with Gasteiger partial charge in [-0.2, -0.15) is 4.37 Å². The summed E-state index contributed by atoms with van der Waals surface area (Å²) in [4.78, 5) is 5.36. The van der Waals surface area contributed by atoms with Crippen LogP contribution in [0.1, 0.15) is 18.4 Å². The zero-order valence-corrected chi connectivity index (χ0v) is 12.8. The zero-order valence-electron chi connectivity index (χ0n) is 9.60. The Labute approximate surface area is 123 Å². The van der Waals surface area contributed by atoms with Crippen molar-refractivity contribution in [2.75, 3.05) is 0 Å². The minimum Gasteiger partial charge on any atom is -0.310 e. The van der Waals surface area contributed by atoms with Crippen LogP contribution in [0.3, 0.4) is 0 Å². The highest BCUT2D eigenvalue weighted by Crippen LogP contribution is 2.31. The molecule has 0 spiro atoms. The summed E-state index contributed by atoms with van der Waals surface area (Å²) in [5.41, 5.74) is 1.31. The minimum absolute atomic E-state index is 0.743. The molecule has 1 aromatic carbocycles. The van der Waals surface area contributed by atoms with Crippen molar-refractivity contribution in [1.82, 2.24) is 14.7 Å². The van der Waals surface area contributed by atoms with Crippen molar-refractivity contribution in [3.8, 4) is 0 Å². The molecule has 1 aliphatic carbocycles. The molecule has 1 saturated carbocycles. The number of hydrogen-bond donors (Lipinski definition) is 1. The van der Waals surface area contributed by atoms with E-state index in [1.807, 2.05) is 0 Å². The smallest absolute Gasteiger partial charge is 0.174 e. The van der Waals surface area contributed by atoms with Crippen molar-refractivity contribution >= 4 is 39.2 Å². The first-order valence-corrected chi connectivity index (χ1v) is 8.16. The number of nitrogens with one attached hydrogen (secondary N) is 1. The van der Waals surface area contributed by atoms with Crippen molar-refractivity contribution in [3.63, 3.8) is 0 Å². The fraction of sp³-hybridized carbons (Fsp3) is 0.333. The number of halogens is 1. The predicted octanol–water partition coefficient (Wildman–Crippen LogP) is 3.70. The van der Waals surface area contributed by atoms with Crippen molar-refractivity contribution in [2.45, 2.75) is 34.7 Å². The minimum atomic E-state index is 0.743. The van der Waals surface area contributed by atoms with Gasteiger partial charge in [0, 0.05) is 22.0 Å². The zero-order chi connectivity index (χ0) is 12.4. The Morgan fingerprint density at radius 1 is 1.44 bits per heavy atom. The second-order valence-electron chi connectivity index (χ2n) is 4.22. The Bertz CT molecular complexity index is 526. The molecule has 6 heteroatoms. The molecule has 3 rings (SSSR count). The van der Waals surface area contributed by atoms with Crippen LogP contribution < -0.4 is 5.32 Å². The molecule has 0 atom stereocenters. The fourth-order valence-corrected chi connectivity index (χ4v) is 3.72. The molecule has 1 heterocycles. The normalized spacial score (nSPS) is 14.9. The van der Waals surface area contributed by atoms with Crippen LogP contribution in [-0.2, 0) is 6.54 Å². The van der Waals surface area contributed by atoms with E-state index in [0.29, 0.717) is 0 Å². The molecular formula is C12H12BrN3S2. The number of rotatable bonds is 5. The van der Waals surface area contributed by atoms with Crippen LogP contribution in [-0.4, -0.2) is 15.4 Å². The summed E-state index contributed by atoms with van der Waals surface area (Å²) >= 11 is 6.71. The highest BCUT2D eigenvalue weighted by atomic mass is 79.9. The van der Waals surface area contributed by atoms with Crippen LogP contribution in [0.25, 0.3) is 0 Å². The second kappa shape index (κ2) is 5.69. The summed E-state index contributed by atoms with van der Waals surface area (Å²) in [6, 6.07) is 7.20. The first-order chi connectivity index (χ1) is 8.81. The fourth-order valence-electron chi connectivity index (χ4n) is 1.59. The van der Waals surface area contributed by atoms with Crippen molar-refractivity contribution in [1.29, 1.82) is 0 Å². The predicted molar refractivity (Wildman–Crippen MR) is 78.0 cm³/mol. The molecule has 18 heavy (non-hydrogen) atoms. The topological polar surface area (TPSA) is 37.8 Å². The van der Waals surface area contributed by atoms with Gasteiger partial charge in [-0.1, -0.05) is 33.8 Å². The van der Waals surface area contributed by atoms with Gasteiger partial charge in [0.05, 0.1) is 0 Å². The van der Waals surface area contributed by atoms with Crippen molar-refractivity contribution in [2.24, 2.45) is 0 Å². The Balaban J connectivity index is 1.67. The molecule has 0 unspecified atom stereocenters. The van der Waals surface area contributed by atoms with E-state index in [1.165, 1.54) is 34.8 Å². The molecule has 1 N–H and O–H groups in total. The van der Waals surface area contributed by atoms with Crippen molar-refractivity contribution < 1.29 is 0 Å². The van der Waals surface area contributed by atoms with Crippen LogP contribution in [0.15, 0.2) is 38.2 Å². The monoisotopic (exact) mass is 341 g/mol. The summed E-state index contributed by atoms with van der Waals surface area (Å²) in [6.07, 6.45) is 4.24. The molecule has 0 radical (unpaired) electrons. The SMILES string of the molecule is Brc1cc(Sc2ncns2)ccc1CNC1CC1. The van der Waals surface area contributed by atoms with Gasteiger partial charge in [0.2, 0.25) is 0 Å². The molecule has 94 valence electrons. The van der Waals surface area contributed by atoms with Gasteiger partial charge in [0.25, 0.3) is 0 Å². The number of hydrogen-bond acceptors (Lipinski definition) is 5. The van der Waals surface area contributed by atoms with Gasteiger partial charge >= 0.3 is 0 Å². The average molecular weight is 342 g/mol. The lowest BCUT2D eigenvalue weighted by Crippen LogP contribution is -2.15. The molecule has 0 amide bonds. The first kappa shape index (κ1) is 12.6. The Morgan fingerprint density at radius 3 is 3.00 bits per heavy atom. The summed E-state index contributed by atoms with van der Waals surface area (Å²) in [5.74, 6) is 0. The molecule has 0 bridgehead atoms. The first-order valence-electron chi connectivity index (χ1n) is 5.77. The van der Waals surface area contributed by atoms with Crippen LogP contribution in [0.2, 0.25) is 0 Å². The van der Waals surface area contributed by atoms with E-state index in [4.69, 9.17) is 0 Å². The van der Waals surface area contributed by atoms with Crippen LogP contribution in [0, 0.1) is 0 Å². The van der Waals surface area contributed by atoms with E-state index in [1.54, 1.807) is 18.1 Å². The van der Waals surface area contributed by atoms with Gasteiger partial charge in [-0.05, 0) is 42.1 Å². The van der Waals surface area contributed by atoms with Gasteiger partial charge in [0.1, 0.15) is 6.33 Å². The lowest BCUT2D eigenvalue weighted by atomic mass is 10.2. The molecule has 0 aliphatic heterocycles. The molecule has 3 nitrogen and oxygen atoms in total. The summed E-state index contributed by atoms with van der Waals surface area (Å²) < 4.78 is 6.14. The molecule has 1 fully saturated rings. The summed E-state index contributed by atoms with van der Waals surface area (Å²) in [5, 5.41) is 3.52. The van der Waals surface area contributed by atoms with Crippen LogP contribution >= 0.6 is 39.2 Å². The van der Waals surface area contributed by atoms with Crippen molar-refractivity contribution in [3.05, 3.63) is 34.6 Å². The maximum absolute atomic E-state index is 4.17. The standard InChI is InChI=1S/C12H12BrN3S2/c13-11-5-10(17-12-15-7-16-18-12)4-1-8(11)6-14-9-2-3-9/h1,4-5,7,9,14H,2-3,6H2. The van der Waals surface area contributed by atoms with Gasteiger partial charge in [0.15, 0.2) is 4.34 Å².